The van der Waals surface area contributed by atoms with Crippen LogP contribution in [0.1, 0.15) is 38.8 Å². The molecule has 0 saturated carbocycles. The minimum atomic E-state index is -0.541. The van der Waals surface area contributed by atoms with Gasteiger partial charge in [-0.2, -0.15) is 0 Å². The molecule has 1 aliphatic rings. The second kappa shape index (κ2) is 5.74. The topological polar surface area (TPSA) is 46.3 Å². The summed E-state index contributed by atoms with van der Waals surface area (Å²) < 4.78 is 0. The molecular formula is C16H24N2O. The number of nitrogens with zero attached hydrogens (tertiary/aromatic N) is 1. The van der Waals surface area contributed by atoms with Crippen molar-refractivity contribution in [2.45, 2.75) is 39.3 Å². The second-order valence-corrected chi connectivity index (χ2v) is 5.94. The lowest BCUT2D eigenvalue weighted by molar-refractivity contribution is -0.138. The molecule has 0 radical (unpaired) electrons. The highest BCUT2D eigenvalue weighted by molar-refractivity contribution is 5.83. The molecule has 1 heterocycles. The standard InChI is InChI=1S/C16H24N2O/c1-11-9-12(2)13(3)18(10-11)16(19)15(17)14-7-5-4-6-8-14/h4-8,11-13,15H,9-10,17H2,1-3H3. The first-order valence-electron chi connectivity index (χ1n) is 7.11. The SMILES string of the molecule is CC1CC(C)C(C)N(C(=O)C(N)c2ccccc2)C1. The van der Waals surface area contributed by atoms with E-state index in [2.05, 4.69) is 20.8 Å². The Kier molecular flexibility index (Phi) is 4.25. The minimum Gasteiger partial charge on any atom is -0.338 e. The monoisotopic (exact) mass is 260 g/mol. The molecule has 2 N–H and O–H groups in total. The first kappa shape index (κ1) is 14.1. The zero-order valence-corrected chi connectivity index (χ0v) is 12.0. The summed E-state index contributed by atoms with van der Waals surface area (Å²) in [7, 11) is 0. The predicted octanol–water partition coefficient (Wildman–Crippen LogP) is 2.58. The summed E-state index contributed by atoms with van der Waals surface area (Å²) >= 11 is 0. The van der Waals surface area contributed by atoms with Crippen LogP contribution in [0.4, 0.5) is 0 Å². The van der Waals surface area contributed by atoms with E-state index in [4.69, 9.17) is 5.73 Å². The third-order valence-corrected chi connectivity index (χ3v) is 4.31. The molecule has 3 nitrogen and oxygen atoms in total. The molecule has 0 aromatic heterocycles. The van der Waals surface area contributed by atoms with Crippen molar-refractivity contribution in [3.8, 4) is 0 Å². The Morgan fingerprint density at radius 2 is 1.89 bits per heavy atom. The maximum absolute atomic E-state index is 12.6. The number of hydrogen-bond acceptors (Lipinski definition) is 2. The third-order valence-electron chi connectivity index (χ3n) is 4.31. The van der Waals surface area contributed by atoms with Crippen LogP contribution in [0.25, 0.3) is 0 Å². The zero-order chi connectivity index (χ0) is 14.0. The molecule has 104 valence electrons. The summed E-state index contributed by atoms with van der Waals surface area (Å²) in [6, 6.07) is 9.36. The van der Waals surface area contributed by atoms with Crippen molar-refractivity contribution < 1.29 is 4.79 Å². The molecular weight excluding hydrogens is 236 g/mol. The molecule has 1 aliphatic heterocycles. The van der Waals surface area contributed by atoms with Gasteiger partial charge >= 0.3 is 0 Å². The van der Waals surface area contributed by atoms with Crippen LogP contribution in [0.2, 0.25) is 0 Å². The number of carbonyl (C=O) groups excluding carboxylic acids is 1. The van der Waals surface area contributed by atoms with E-state index in [1.54, 1.807) is 0 Å². The summed E-state index contributed by atoms with van der Waals surface area (Å²) in [5.41, 5.74) is 7.03. The van der Waals surface area contributed by atoms with Crippen molar-refractivity contribution in [2.75, 3.05) is 6.54 Å². The summed E-state index contributed by atoms with van der Waals surface area (Å²) in [4.78, 5) is 14.6. The fourth-order valence-electron chi connectivity index (χ4n) is 2.99. The quantitative estimate of drug-likeness (QED) is 0.888. The van der Waals surface area contributed by atoms with Gasteiger partial charge in [0.2, 0.25) is 5.91 Å². The predicted molar refractivity (Wildman–Crippen MR) is 77.5 cm³/mol. The van der Waals surface area contributed by atoms with Gasteiger partial charge in [0, 0.05) is 12.6 Å². The molecule has 1 fully saturated rings. The van der Waals surface area contributed by atoms with Gasteiger partial charge in [-0.1, -0.05) is 44.2 Å². The average Bonchev–Trinajstić information content (AvgIpc) is 2.42. The first-order valence-corrected chi connectivity index (χ1v) is 7.11. The number of hydrogen-bond donors (Lipinski definition) is 1. The summed E-state index contributed by atoms with van der Waals surface area (Å²) in [5, 5.41) is 0. The van der Waals surface area contributed by atoms with Crippen molar-refractivity contribution >= 4 is 5.91 Å². The maximum Gasteiger partial charge on any atom is 0.244 e. The summed E-state index contributed by atoms with van der Waals surface area (Å²) in [6.07, 6.45) is 1.19. The van der Waals surface area contributed by atoms with E-state index < -0.39 is 6.04 Å². The van der Waals surface area contributed by atoms with Gasteiger partial charge in [0.25, 0.3) is 0 Å². The Balaban J connectivity index is 2.14. The molecule has 4 unspecified atom stereocenters. The Morgan fingerprint density at radius 1 is 1.26 bits per heavy atom. The van der Waals surface area contributed by atoms with Crippen LogP contribution in [0.3, 0.4) is 0 Å². The normalized spacial score (nSPS) is 29.1. The molecule has 1 aromatic rings. The lowest BCUT2D eigenvalue weighted by atomic mass is 9.85. The van der Waals surface area contributed by atoms with E-state index >= 15 is 0 Å². The number of likely N-dealkylation sites (tertiary alicyclic amines) is 1. The average molecular weight is 260 g/mol. The fraction of sp³-hybridized carbons (Fsp3) is 0.562. The molecule has 1 aromatic carbocycles. The van der Waals surface area contributed by atoms with Crippen LogP contribution >= 0.6 is 0 Å². The molecule has 2 rings (SSSR count). The van der Waals surface area contributed by atoms with E-state index in [0.717, 1.165) is 12.1 Å². The molecule has 4 atom stereocenters. The Morgan fingerprint density at radius 3 is 2.53 bits per heavy atom. The smallest absolute Gasteiger partial charge is 0.244 e. The number of carbonyl (C=O) groups is 1. The lowest BCUT2D eigenvalue weighted by Crippen LogP contribution is -2.51. The van der Waals surface area contributed by atoms with E-state index in [1.807, 2.05) is 35.2 Å². The zero-order valence-electron chi connectivity index (χ0n) is 12.0. The summed E-state index contributed by atoms with van der Waals surface area (Å²) in [6.45, 7) is 7.38. The molecule has 0 aliphatic carbocycles. The number of benzene rings is 1. The highest BCUT2D eigenvalue weighted by Crippen LogP contribution is 2.28. The van der Waals surface area contributed by atoms with E-state index in [0.29, 0.717) is 11.8 Å². The molecule has 0 bridgehead atoms. The van der Waals surface area contributed by atoms with Crippen molar-refractivity contribution in [3.63, 3.8) is 0 Å². The number of amides is 1. The van der Waals surface area contributed by atoms with Gasteiger partial charge in [-0.15, -0.1) is 0 Å². The number of piperidine rings is 1. The minimum absolute atomic E-state index is 0.0529. The van der Waals surface area contributed by atoms with Crippen molar-refractivity contribution in [3.05, 3.63) is 35.9 Å². The van der Waals surface area contributed by atoms with Crippen LogP contribution < -0.4 is 5.73 Å². The van der Waals surface area contributed by atoms with Gasteiger partial charge in [0.1, 0.15) is 6.04 Å². The van der Waals surface area contributed by atoms with Gasteiger partial charge in [-0.25, -0.2) is 0 Å². The van der Waals surface area contributed by atoms with Gasteiger partial charge < -0.3 is 10.6 Å². The Bertz CT molecular complexity index is 432. The van der Waals surface area contributed by atoms with Crippen LogP contribution in [0, 0.1) is 11.8 Å². The fourth-order valence-corrected chi connectivity index (χ4v) is 2.99. The first-order chi connectivity index (χ1) is 9.00. The van der Waals surface area contributed by atoms with Gasteiger partial charge in [-0.3, -0.25) is 4.79 Å². The highest BCUT2D eigenvalue weighted by Gasteiger charge is 2.34. The molecule has 1 amide bonds. The summed E-state index contributed by atoms with van der Waals surface area (Å²) in [5.74, 6) is 1.14. The van der Waals surface area contributed by atoms with Crippen LogP contribution in [0.5, 0.6) is 0 Å². The van der Waals surface area contributed by atoms with E-state index in [1.165, 1.54) is 6.42 Å². The third kappa shape index (κ3) is 2.98. The molecule has 19 heavy (non-hydrogen) atoms. The van der Waals surface area contributed by atoms with Gasteiger partial charge in [-0.05, 0) is 30.7 Å². The maximum atomic E-state index is 12.6. The Hall–Kier alpha value is -1.35. The van der Waals surface area contributed by atoms with Gasteiger partial charge in [0.05, 0.1) is 0 Å². The van der Waals surface area contributed by atoms with Crippen LogP contribution in [-0.4, -0.2) is 23.4 Å². The van der Waals surface area contributed by atoms with Crippen LogP contribution in [0.15, 0.2) is 30.3 Å². The number of rotatable bonds is 2. The number of nitrogens with two attached hydrogens (primary N) is 1. The van der Waals surface area contributed by atoms with E-state index in [-0.39, 0.29) is 11.9 Å². The van der Waals surface area contributed by atoms with E-state index in [9.17, 15) is 4.79 Å². The van der Waals surface area contributed by atoms with Crippen molar-refractivity contribution in [2.24, 2.45) is 17.6 Å². The van der Waals surface area contributed by atoms with Crippen molar-refractivity contribution in [1.29, 1.82) is 0 Å². The van der Waals surface area contributed by atoms with Crippen molar-refractivity contribution in [1.82, 2.24) is 4.90 Å². The largest absolute Gasteiger partial charge is 0.338 e. The highest BCUT2D eigenvalue weighted by atomic mass is 16.2. The van der Waals surface area contributed by atoms with Gasteiger partial charge in [0.15, 0.2) is 0 Å². The lowest BCUT2D eigenvalue weighted by Gasteiger charge is -2.42. The molecule has 3 heteroatoms. The Labute approximate surface area is 115 Å². The second-order valence-electron chi connectivity index (χ2n) is 5.94. The molecule has 1 saturated heterocycles. The van der Waals surface area contributed by atoms with Crippen LogP contribution in [-0.2, 0) is 4.79 Å². The molecule has 0 spiro atoms.